The Kier molecular flexibility index (Phi) is 5.16. The minimum atomic E-state index is -0.430. The predicted molar refractivity (Wildman–Crippen MR) is 84.7 cm³/mol. The molecule has 1 aromatic carbocycles. The third kappa shape index (κ3) is 4.33. The van der Waals surface area contributed by atoms with E-state index in [4.69, 9.17) is 9.52 Å². The monoisotopic (exact) mass is 303 g/mol. The van der Waals surface area contributed by atoms with Gasteiger partial charge in [-0.15, -0.1) is 0 Å². The van der Waals surface area contributed by atoms with Crippen molar-refractivity contribution in [1.82, 2.24) is 10.3 Å². The van der Waals surface area contributed by atoms with Crippen molar-refractivity contribution >= 4 is 11.7 Å². The summed E-state index contributed by atoms with van der Waals surface area (Å²) in [6.45, 7) is 5.86. The predicted octanol–water partition coefficient (Wildman–Crippen LogP) is 2.85. The van der Waals surface area contributed by atoms with Crippen LogP contribution in [0.2, 0.25) is 0 Å². The molecule has 1 unspecified atom stereocenters. The second-order valence-electron chi connectivity index (χ2n) is 5.26. The normalized spacial score (nSPS) is 12.0. The average Bonchev–Trinajstić information content (AvgIpc) is 2.78. The number of benzene rings is 1. The number of carbonyl (C=O) groups is 1. The number of carbonyl (C=O) groups excluding carboxylic acids is 1. The van der Waals surface area contributed by atoms with E-state index in [2.05, 4.69) is 15.6 Å². The molecule has 0 radical (unpaired) electrons. The van der Waals surface area contributed by atoms with Crippen LogP contribution < -0.4 is 10.6 Å². The first kappa shape index (κ1) is 16.0. The van der Waals surface area contributed by atoms with Crippen molar-refractivity contribution in [2.75, 3.05) is 11.9 Å². The molecule has 3 N–H and O–H groups in total. The minimum Gasteiger partial charge on any atom is -0.441 e. The molecule has 0 aliphatic rings. The molecule has 2 rings (SSSR count). The maximum Gasteiger partial charge on any atom is 0.319 e. The molecule has 118 valence electrons. The Balaban J connectivity index is 2.01. The molecule has 0 spiro atoms. The maximum atomic E-state index is 11.8. The number of nitrogens with zero attached hydrogens (tertiary/aromatic N) is 1. The van der Waals surface area contributed by atoms with Crippen LogP contribution in [0.3, 0.4) is 0 Å². The zero-order chi connectivity index (χ0) is 16.1. The van der Waals surface area contributed by atoms with Crippen molar-refractivity contribution in [3.63, 3.8) is 0 Å². The maximum absolute atomic E-state index is 11.8. The number of aliphatic hydroxyl groups is 1. The van der Waals surface area contributed by atoms with Crippen molar-refractivity contribution in [1.29, 1.82) is 0 Å². The third-order valence-electron chi connectivity index (χ3n) is 3.24. The summed E-state index contributed by atoms with van der Waals surface area (Å²) in [6.07, 6.45) is 0.0858. The lowest BCUT2D eigenvalue weighted by atomic mass is 10.2. The fraction of sp³-hybridized carbons (Fsp3) is 0.375. The molecular formula is C16H21N3O3. The summed E-state index contributed by atoms with van der Waals surface area (Å²) in [5.41, 5.74) is 2.31. The Labute approximate surface area is 129 Å². The van der Waals surface area contributed by atoms with Crippen LogP contribution in [0.4, 0.5) is 10.5 Å². The number of amides is 2. The Morgan fingerprint density at radius 3 is 2.82 bits per heavy atom. The molecule has 0 fully saturated rings. The second kappa shape index (κ2) is 7.09. The van der Waals surface area contributed by atoms with Gasteiger partial charge in [0.25, 0.3) is 0 Å². The molecule has 1 aromatic heterocycles. The summed E-state index contributed by atoms with van der Waals surface area (Å²) >= 11 is 0. The minimum absolute atomic E-state index is 0.308. The second-order valence-corrected chi connectivity index (χ2v) is 5.26. The molecular weight excluding hydrogens is 282 g/mol. The SMILES string of the molecule is Cc1nc(-c2cccc(NC(=O)NCCC(C)O)c2)oc1C. The van der Waals surface area contributed by atoms with Crippen LogP contribution in [0.25, 0.3) is 11.5 Å². The van der Waals surface area contributed by atoms with Crippen LogP contribution >= 0.6 is 0 Å². The molecule has 0 bridgehead atoms. The fourth-order valence-corrected chi connectivity index (χ4v) is 1.90. The average molecular weight is 303 g/mol. The quantitative estimate of drug-likeness (QED) is 0.792. The van der Waals surface area contributed by atoms with E-state index in [-0.39, 0.29) is 6.03 Å². The molecule has 0 aliphatic heterocycles. The standard InChI is InChI=1S/C16H21N3O3/c1-10(20)7-8-17-16(21)19-14-6-4-5-13(9-14)15-18-11(2)12(3)22-15/h4-6,9-10,20H,7-8H2,1-3H3,(H2,17,19,21). The molecule has 6 heteroatoms. The summed E-state index contributed by atoms with van der Waals surface area (Å²) in [6, 6.07) is 6.99. The Morgan fingerprint density at radius 1 is 1.41 bits per heavy atom. The highest BCUT2D eigenvalue weighted by atomic mass is 16.4. The summed E-state index contributed by atoms with van der Waals surface area (Å²) in [7, 11) is 0. The third-order valence-corrected chi connectivity index (χ3v) is 3.24. The molecule has 0 saturated heterocycles. The molecule has 1 heterocycles. The smallest absolute Gasteiger partial charge is 0.319 e. The first-order valence-electron chi connectivity index (χ1n) is 7.23. The first-order chi connectivity index (χ1) is 10.5. The zero-order valence-corrected chi connectivity index (χ0v) is 13.0. The van der Waals surface area contributed by atoms with Crippen LogP contribution in [0.15, 0.2) is 28.7 Å². The van der Waals surface area contributed by atoms with Crippen LogP contribution in [0.1, 0.15) is 24.8 Å². The van der Waals surface area contributed by atoms with Gasteiger partial charge in [0.1, 0.15) is 5.76 Å². The number of anilines is 1. The van der Waals surface area contributed by atoms with Crippen LogP contribution in [-0.2, 0) is 0 Å². The molecule has 2 aromatic rings. The van der Waals surface area contributed by atoms with Crippen molar-refractivity contribution in [3.8, 4) is 11.5 Å². The Morgan fingerprint density at radius 2 is 2.18 bits per heavy atom. The summed E-state index contributed by atoms with van der Waals surface area (Å²) in [5, 5.41) is 14.6. The highest BCUT2D eigenvalue weighted by Gasteiger charge is 2.09. The van der Waals surface area contributed by atoms with Gasteiger partial charge < -0.3 is 20.2 Å². The largest absolute Gasteiger partial charge is 0.441 e. The molecule has 6 nitrogen and oxygen atoms in total. The number of aryl methyl sites for hydroxylation is 2. The lowest BCUT2D eigenvalue weighted by Gasteiger charge is -2.09. The number of hydrogen-bond donors (Lipinski definition) is 3. The van der Waals surface area contributed by atoms with E-state index in [1.165, 1.54) is 0 Å². The van der Waals surface area contributed by atoms with Crippen molar-refractivity contribution in [2.45, 2.75) is 33.3 Å². The Bertz CT molecular complexity index is 630. The van der Waals surface area contributed by atoms with E-state index in [1.807, 2.05) is 26.0 Å². The van der Waals surface area contributed by atoms with Crippen LogP contribution in [-0.4, -0.2) is 28.8 Å². The summed E-state index contributed by atoms with van der Waals surface area (Å²) < 4.78 is 5.58. The number of urea groups is 1. The number of aromatic nitrogens is 1. The Hall–Kier alpha value is -2.34. The van der Waals surface area contributed by atoms with Crippen molar-refractivity contribution in [3.05, 3.63) is 35.7 Å². The topological polar surface area (TPSA) is 87.4 Å². The number of hydrogen-bond acceptors (Lipinski definition) is 4. The molecule has 0 saturated carbocycles. The van der Waals surface area contributed by atoms with E-state index in [0.717, 1.165) is 17.0 Å². The van der Waals surface area contributed by atoms with Gasteiger partial charge in [0.05, 0.1) is 11.8 Å². The van der Waals surface area contributed by atoms with E-state index in [0.29, 0.717) is 24.5 Å². The van der Waals surface area contributed by atoms with Crippen LogP contribution in [0.5, 0.6) is 0 Å². The summed E-state index contributed by atoms with van der Waals surface area (Å²) in [5.74, 6) is 1.32. The lowest BCUT2D eigenvalue weighted by molar-refractivity contribution is 0.184. The molecule has 2 amide bonds. The van der Waals surface area contributed by atoms with Gasteiger partial charge in [0.15, 0.2) is 0 Å². The fourth-order valence-electron chi connectivity index (χ4n) is 1.90. The van der Waals surface area contributed by atoms with Gasteiger partial charge in [-0.1, -0.05) is 6.07 Å². The zero-order valence-electron chi connectivity index (χ0n) is 13.0. The highest BCUT2D eigenvalue weighted by molar-refractivity contribution is 5.89. The number of rotatable bonds is 5. The number of aliphatic hydroxyl groups excluding tert-OH is 1. The van der Waals surface area contributed by atoms with Gasteiger partial charge in [-0.25, -0.2) is 9.78 Å². The van der Waals surface area contributed by atoms with Gasteiger partial charge >= 0.3 is 6.03 Å². The first-order valence-corrected chi connectivity index (χ1v) is 7.23. The number of oxazole rings is 1. The van der Waals surface area contributed by atoms with Crippen LogP contribution in [0, 0.1) is 13.8 Å². The number of nitrogens with one attached hydrogen (secondary N) is 2. The molecule has 0 aliphatic carbocycles. The highest BCUT2D eigenvalue weighted by Crippen LogP contribution is 2.23. The van der Waals surface area contributed by atoms with Gasteiger partial charge in [0, 0.05) is 17.8 Å². The van der Waals surface area contributed by atoms with Crippen molar-refractivity contribution in [2.24, 2.45) is 0 Å². The van der Waals surface area contributed by atoms with E-state index < -0.39 is 6.10 Å². The van der Waals surface area contributed by atoms with E-state index >= 15 is 0 Å². The van der Waals surface area contributed by atoms with Gasteiger partial charge in [0.2, 0.25) is 5.89 Å². The molecule has 1 atom stereocenters. The van der Waals surface area contributed by atoms with Gasteiger partial charge in [-0.2, -0.15) is 0 Å². The summed E-state index contributed by atoms with van der Waals surface area (Å²) in [4.78, 5) is 16.1. The van der Waals surface area contributed by atoms with Gasteiger partial charge in [-0.3, -0.25) is 0 Å². The van der Waals surface area contributed by atoms with Crippen molar-refractivity contribution < 1.29 is 14.3 Å². The van der Waals surface area contributed by atoms with E-state index in [1.54, 1.807) is 19.1 Å². The lowest BCUT2D eigenvalue weighted by Crippen LogP contribution is -2.30. The molecule has 22 heavy (non-hydrogen) atoms. The van der Waals surface area contributed by atoms with Gasteiger partial charge in [-0.05, 0) is 45.4 Å². The van der Waals surface area contributed by atoms with E-state index in [9.17, 15) is 4.79 Å².